The van der Waals surface area contributed by atoms with Crippen LogP contribution in [0.15, 0.2) is 18.2 Å². The molecule has 3 rings (SSSR count). The molecule has 0 amide bonds. The van der Waals surface area contributed by atoms with Gasteiger partial charge in [0.05, 0.1) is 7.11 Å². The minimum atomic E-state index is 0.474. The number of rotatable bonds is 4. The molecule has 0 aliphatic heterocycles. The number of benzene rings is 1. The van der Waals surface area contributed by atoms with Crippen molar-refractivity contribution in [2.75, 3.05) is 12.8 Å². The summed E-state index contributed by atoms with van der Waals surface area (Å²) in [6.07, 6.45) is 2.60. The Labute approximate surface area is 119 Å². The molecule has 1 unspecified atom stereocenters. The smallest absolute Gasteiger partial charge is 0.153 e. The van der Waals surface area contributed by atoms with Gasteiger partial charge in [0.1, 0.15) is 5.75 Å². The number of methoxy groups -OCH3 is 1. The highest BCUT2D eigenvalue weighted by atomic mass is 16.5. The summed E-state index contributed by atoms with van der Waals surface area (Å²) in [6.45, 7) is 4.29. The third-order valence-electron chi connectivity index (χ3n) is 4.30. The van der Waals surface area contributed by atoms with Crippen molar-refractivity contribution in [3.8, 4) is 16.9 Å². The number of aromatic nitrogens is 2. The van der Waals surface area contributed by atoms with E-state index in [-0.39, 0.29) is 0 Å². The van der Waals surface area contributed by atoms with Crippen LogP contribution in [0.5, 0.6) is 5.75 Å². The zero-order valence-electron chi connectivity index (χ0n) is 12.2. The standard InChI is InChI=1S/C16H21N3O/c1-9-4-5-12(8-13(9)20-3)14-15(18-19-16(14)17)10(2)11-6-7-11/h4-5,8,10-11H,6-7H2,1-3H3,(H3,17,18,19). The van der Waals surface area contributed by atoms with Gasteiger partial charge in [0, 0.05) is 17.2 Å². The molecule has 4 heteroatoms. The van der Waals surface area contributed by atoms with Crippen molar-refractivity contribution >= 4 is 5.82 Å². The number of anilines is 1. The third-order valence-corrected chi connectivity index (χ3v) is 4.30. The first-order valence-electron chi connectivity index (χ1n) is 7.10. The summed E-state index contributed by atoms with van der Waals surface area (Å²) in [7, 11) is 1.69. The summed E-state index contributed by atoms with van der Waals surface area (Å²) in [5.41, 5.74) is 10.4. The summed E-state index contributed by atoms with van der Waals surface area (Å²) >= 11 is 0. The van der Waals surface area contributed by atoms with Crippen molar-refractivity contribution in [2.45, 2.75) is 32.6 Å². The Morgan fingerprint density at radius 2 is 2.15 bits per heavy atom. The van der Waals surface area contributed by atoms with Gasteiger partial charge >= 0.3 is 0 Å². The highest BCUT2D eigenvalue weighted by Crippen LogP contribution is 2.45. The lowest BCUT2D eigenvalue weighted by atomic mass is 9.94. The second kappa shape index (κ2) is 4.85. The molecular formula is C16H21N3O. The van der Waals surface area contributed by atoms with Crippen molar-refractivity contribution in [1.82, 2.24) is 10.2 Å². The maximum Gasteiger partial charge on any atom is 0.153 e. The quantitative estimate of drug-likeness (QED) is 0.894. The number of ether oxygens (including phenoxy) is 1. The molecule has 2 aromatic rings. The fourth-order valence-corrected chi connectivity index (χ4v) is 2.81. The van der Waals surface area contributed by atoms with Crippen molar-refractivity contribution in [3.63, 3.8) is 0 Å². The summed E-state index contributed by atoms with van der Waals surface area (Å²) in [6, 6.07) is 6.19. The number of aryl methyl sites for hydroxylation is 1. The number of hydrogen-bond donors (Lipinski definition) is 2. The largest absolute Gasteiger partial charge is 0.496 e. The maximum atomic E-state index is 6.08. The van der Waals surface area contributed by atoms with Crippen LogP contribution in [0.1, 0.15) is 36.9 Å². The molecule has 3 N–H and O–H groups in total. The Morgan fingerprint density at radius 1 is 1.40 bits per heavy atom. The molecule has 4 nitrogen and oxygen atoms in total. The SMILES string of the molecule is COc1cc(-c2c(N)n[nH]c2C(C)C2CC2)ccc1C. The molecule has 1 aromatic carbocycles. The normalized spacial score (nSPS) is 16.1. The van der Waals surface area contributed by atoms with E-state index in [9.17, 15) is 0 Å². The van der Waals surface area contributed by atoms with Gasteiger partial charge in [-0.1, -0.05) is 19.1 Å². The zero-order valence-corrected chi connectivity index (χ0v) is 12.2. The van der Waals surface area contributed by atoms with Crippen molar-refractivity contribution in [1.29, 1.82) is 0 Å². The van der Waals surface area contributed by atoms with Gasteiger partial charge < -0.3 is 10.5 Å². The van der Waals surface area contributed by atoms with Crippen LogP contribution in [0, 0.1) is 12.8 Å². The number of nitrogens with zero attached hydrogens (tertiary/aromatic N) is 1. The van der Waals surface area contributed by atoms with E-state index in [4.69, 9.17) is 10.5 Å². The Morgan fingerprint density at radius 3 is 2.80 bits per heavy atom. The fraction of sp³-hybridized carbons (Fsp3) is 0.438. The predicted octanol–water partition coefficient (Wildman–Crippen LogP) is 3.49. The number of nitrogens with one attached hydrogen (secondary N) is 1. The zero-order chi connectivity index (χ0) is 14.3. The minimum absolute atomic E-state index is 0.474. The topological polar surface area (TPSA) is 63.9 Å². The van der Waals surface area contributed by atoms with Crippen molar-refractivity contribution in [3.05, 3.63) is 29.5 Å². The lowest BCUT2D eigenvalue weighted by Gasteiger charge is -2.13. The molecule has 106 valence electrons. The number of aromatic amines is 1. The van der Waals surface area contributed by atoms with Gasteiger partial charge in [-0.2, -0.15) is 5.10 Å². The molecular weight excluding hydrogens is 250 g/mol. The summed E-state index contributed by atoms with van der Waals surface area (Å²) in [4.78, 5) is 0. The van der Waals surface area contributed by atoms with E-state index in [0.29, 0.717) is 11.7 Å². The van der Waals surface area contributed by atoms with E-state index >= 15 is 0 Å². The lowest BCUT2D eigenvalue weighted by molar-refractivity contribution is 0.412. The Bertz CT molecular complexity index is 629. The average molecular weight is 271 g/mol. The Kier molecular flexibility index (Phi) is 3.16. The lowest BCUT2D eigenvalue weighted by Crippen LogP contribution is -1.99. The van der Waals surface area contributed by atoms with E-state index in [1.807, 2.05) is 13.0 Å². The molecule has 1 aromatic heterocycles. The van der Waals surface area contributed by atoms with Crippen LogP contribution in [-0.4, -0.2) is 17.3 Å². The van der Waals surface area contributed by atoms with Gasteiger partial charge in [-0.25, -0.2) is 0 Å². The first-order chi connectivity index (χ1) is 9.61. The third kappa shape index (κ3) is 2.15. The Balaban J connectivity index is 2.07. The minimum Gasteiger partial charge on any atom is -0.496 e. The van der Waals surface area contributed by atoms with Crippen LogP contribution in [0.3, 0.4) is 0 Å². The van der Waals surface area contributed by atoms with Crippen LogP contribution in [0.4, 0.5) is 5.82 Å². The molecule has 1 saturated carbocycles. The van der Waals surface area contributed by atoms with Crippen LogP contribution < -0.4 is 10.5 Å². The van der Waals surface area contributed by atoms with Gasteiger partial charge in [0.2, 0.25) is 0 Å². The molecule has 1 fully saturated rings. The van der Waals surface area contributed by atoms with Gasteiger partial charge in [-0.15, -0.1) is 0 Å². The number of nitrogens with two attached hydrogens (primary N) is 1. The van der Waals surface area contributed by atoms with Gasteiger partial charge in [-0.05, 0) is 42.9 Å². The first kappa shape index (κ1) is 13.0. The van der Waals surface area contributed by atoms with Crippen LogP contribution >= 0.6 is 0 Å². The van der Waals surface area contributed by atoms with E-state index in [1.54, 1.807) is 7.11 Å². The van der Waals surface area contributed by atoms with Crippen LogP contribution in [-0.2, 0) is 0 Å². The number of H-pyrrole nitrogens is 1. The van der Waals surface area contributed by atoms with Crippen LogP contribution in [0.25, 0.3) is 11.1 Å². The molecule has 1 atom stereocenters. The molecule has 1 aliphatic rings. The average Bonchev–Trinajstić information content (AvgIpc) is 3.22. The highest BCUT2D eigenvalue weighted by Gasteiger charge is 2.32. The molecule has 1 aliphatic carbocycles. The summed E-state index contributed by atoms with van der Waals surface area (Å²) in [5.74, 6) is 2.69. The summed E-state index contributed by atoms with van der Waals surface area (Å²) in [5, 5.41) is 7.34. The van der Waals surface area contributed by atoms with E-state index in [1.165, 1.54) is 12.8 Å². The predicted molar refractivity (Wildman–Crippen MR) is 80.9 cm³/mol. The highest BCUT2D eigenvalue weighted by molar-refractivity contribution is 5.78. The molecule has 0 saturated heterocycles. The van der Waals surface area contributed by atoms with Gasteiger partial charge in [0.15, 0.2) is 5.82 Å². The molecule has 0 bridgehead atoms. The molecule has 20 heavy (non-hydrogen) atoms. The van der Waals surface area contributed by atoms with Crippen molar-refractivity contribution < 1.29 is 4.74 Å². The van der Waals surface area contributed by atoms with E-state index in [2.05, 4.69) is 29.3 Å². The van der Waals surface area contributed by atoms with Gasteiger partial charge in [-0.3, -0.25) is 5.10 Å². The molecule has 0 radical (unpaired) electrons. The number of nitrogen functional groups attached to an aromatic ring is 1. The first-order valence-corrected chi connectivity index (χ1v) is 7.10. The maximum absolute atomic E-state index is 6.08. The van der Waals surface area contributed by atoms with Crippen molar-refractivity contribution in [2.24, 2.45) is 5.92 Å². The van der Waals surface area contributed by atoms with Crippen LogP contribution in [0.2, 0.25) is 0 Å². The Hall–Kier alpha value is -1.97. The molecule has 0 spiro atoms. The summed E-state index contributed by atoms with van der Waals surface area (Å²) < 4.78 is 5.41. The fourth-order valence-electron chi connectivity index (χ4n) is 2.81. The second-order valence-corrected chi connectivity index (χ2v) is 5.71. The second-order valence-electron chi connectivity index (χ2n) is 5.71. The van der Waals surface area contributed by atoms with E-state index < -0.39 is 0 Å². The monoisotopic (exact) mass is 271 g/mol. The van der Waals surface area contributed by atoms with Gasteiger partial charge in [0.25, 0.3) is 0 Å². The molecule has 1 heterocycles. The van der Waals surface area contributed by atoms with E-state index in [0.717, 1.165) is 34.1 Å². The number of hydrogen-bond acceptors (Lipinski definition) is 3.